The molecule has 6 nitrogen and oxygen atoms in total. The highest BCUT2D eigenvalue weighted by molar-refractivity contribution is 7.07. The first kappa shape index (κ1) is 12.3. The van der Waals surface area contributed by atoms with Gasteiger partial charge >= 0.3 is 8.05 Å². The van der Waals surface area contributed by atoms with Gasteiger partial charge in [-0.3, -0.25) is 4.68 Å². The summed E-state index contributed by atoms with van der Waals surface area (Å²) in [7, 11) is 7.03. The van der Waals surface area contributed by atoms with Gasteiger partial charge in [0.25, 0.3) is 0 Å². The first-order valence-electron chi connectivity index (χ1n) is 4.96. The normalized spacial score (nSPS) is 11.8. The lowest BCUT2D eigenvalue weighted by molar-refractivity contribution is 0.576. The van der Waals surface area contributed by atoms with E-state index in [1.165, 1.54) is 0 Å². The number of rotatable bonds is 3. The van der Waals surface area contributed by atoms with Crippen LogP contribution in [0.3, 0.4) is 0 Å². The van der Waals surface area contributed by atoms with Crippen molar-refractivity contribution < 1.29 is 4.65 Å². The summed E-state index contributed by atoms with van der Waals surface area (Å²) in [4.78, 5) is 0.637. The molecule has 0 amide bonds. The minimum Gasteiger partial charge on any atom is -0.566 e. The monoisotopic (exact) mass is 257 g/mol. The molecule has 0 aliphatic heterocycles. The fourth-order valence-corrected chi connectivity index (χ4v) is 2.11. The van der Waals surface area contributed by atoms with E-state index >= 15 is 0 Å². The molecule has 0 N–H and O–H groups in total. The standard InChI is InChI=1S/C10H8BN5OS/c1-6-10(18-15-14-6)9(17-11)8(3-12)7-4-13-16(2)5-7/h4-5H,1-2H3. The van der Waals surface area contributed by atoms with Crippen LogP contribution in [0.25, 0.3) is 11.3 Å². The summed E-state index contributed by atoms with van der Waals surface area (Å²) >= 11 is 1.13. The number of allylic oxidation sites excluding steroid dienone is 1. The van der Waals surface area contributed by atoms with Crippen LogP contribution < -0.4 is 0 Å². The Morgan fingerprint density at radius 3 is 2.83 bits per heavy atom. The molecule has 2 aromatic rings. The van der Waals surface area contributed by atoms with Gasteiger partial charge in [-0.05, 0) is 18.5 Å². The van der Waals surface area contributed by atoms with E-state index in [1.807, 2.05) is 0 Å². The summed E-state index contributed by atoms with van der Waals surface area (Å²) in [6.07, 6.45) is 3.28. The molecule has 0 atom stereocenters. The predicted octanol–water partition coefficient (Wildman–Crippen LogP) is 1.07. The number of nitrogens with zero attached hydrogens (tertiary/aromatic N) is 5. The Kier molecular flexibility index (Phi) is 3.44. The molecule has 0 aliphatic carbocycles. The van der Waals surface area contributed by atoms with Crippen LogP contribution in [0.15, 0.2) is 12.4 Å². The third kappa shape index (κ3) is 2.12. The third-order valence-corrected chi connectivity index (χ3v) is 3.13. The molecule has 0 aliphatic rings. The molecule has 0 saturated heterocycles. The van der Waals surface area contributed by atoms with E-state index in [0.717, 1.165) is 11.5 Å². The molecule has 0 bridgehead atoms. The summed E-state index contributed by atoms with van der Waals surface area (Å²) in [6, 6.07) is 2.07. The first-order chi connectivity index (χ1) is 8.67. The first-order valence-corrected chi connectivity index (χ1v) is 5.74. The molecule has 88 valence electrons. The van der Waals surface area contributed by atoms with Crippen molar-refractivity contribution in [3.05, 3.63) is 28.5 Å². The van der Waals surface area contributed by atoms with E-state index in [1.54, 1.807) is 31.0 Å². The van der Waals surface area contributed by atoms with Crippen molar-refractivity contribution in [3.8, 4) is 6.07 Å². The topological polar surface area (TPSA) is 76.6 Å². The van der Waals surface area contributed by atoms with Crippen molar-refractivity contribution >= 4 is 30.9 Å². The molecule has 0 saturated carbocycles. The summed E-state index contributed by atoms with van der Waals surface area (Å²) < 4.78 is 10.2. The Hall–Kier alpha value is -2.14. The van der Waals surface area contributed by atoms with E-state index in [-0.39, 0.29) is 5.76 Å². The van der Waals surface area contributed by atoms with Gasteiger partial charge in [0.2, 0.25) is 0 Å². The van der Waals surface area contributed by atoms with Crippen LogP contribution in [-0.4, -0.2) is 27.4 Å². The average Bonchev–Trinajstić information content (AvgIpc) is 2.95. The number of nitriles is 1. The van der Waals surface area contributed by atoms with Gasteiger partial charge in [-0.1, -0.05) is 4.49 Å². The maximum Gasteiger partial charge on any atom is 0.374 e. The molecule has 0 aromatic carbocycles. The second-order valence-corrected chi connectivity index (χ2v) is 4.28. The van der Waals surface area contributed by atoms with Crippen LogP contribution in [0.1, 0.15) is 16.1 Å². The molecule has 0 spiro atoms. The molecule has 2 heterocycles. The van der Waals surface area contributed by atoms with Crippen LogP contribution in [0.2, 0.25) is 0 Å². The van der Waals surface area contributed by atoms with Gasteiger partial charge in [0.1, 0.15) is 22.3 Å². The number of hydrogen-bond donors (Lipinski definition) is 0. The van der Waals surface area contributed by atoms with E-state index in [2.05, 4.69) is 20.8 Å². The second kappa shape index (κ2) is 5.02. The maximum atomic E-state index is 9.26. The summed E-state index contributed by atoms with van der Waals surface area (Å²) in [6.45, 7) is 1.77. The van der Waals surface area contributed by atoms with Crippen molar-refractivity contribution in [3.63, 3.8) is 0 Å². The Bertz CT molecular complexity index is 639. The fourth-order valence-electron chi connectivity index (χ4n) is 1.46. The van der Waals surface area contributed by atoms with Crippen LogP contribution in [0.5, 0.6) is 0 Å². The van der Waals surface area contributed by atoms with Gasteiger partial charge in [-0.2, -0.15) is 10.4 Å². The summed E-state index contributed by atoms with van der Waals surface area (Å²) in [5.41, 5.74) is 1.60. The Balaban J connectivity index is 2.61. The smallest absolute Gasteiger partial charge is 0.374 e. The SMILES string of the molecule is [B]OC(=C(C#N)c1cnn(C)c1)c1snnc1C. The third-order valence-electron chi connectivity index (χ3n) is 2.31. The van der Waals surface area contributed by atoms with Crippen LogP contribution >= 0.6 is 11.5 Å². The highest BCUT2D eigenvalue weighted by Gasteiger charge is 2.17. The average molecular weight is 257 g/mol. The van der Waals surface area contributed by atoms with E-state index < -0.39 is 0 Å². The van der Waals surface area contributed by atoms with Crippen LogP contribution in [0.4, 0.5) is 0 Å². The zero-order valence-corrected chi connectivity index (χ0v) is 10.6. The molecule has 2 radical (unpaired) electrons. The molecule has 0 fully saturated rings. The quantitative estimate of drug-likeness (QED) is 0.467. The Labute approximate surface area is 109 Å². The van der Waals surface area contributed by atoms with Crippen molar-refractivity contribution in [2.45, 2.75) is 6.92 Å². The highest BCUT2D eigenvalue weighted by Crippen LogP contribution is 2.29. The van der Waals surface area contributed by atoms with E-state index in [9.17, 15) is 5.26 Å². The number of aryl methyl sites for hydroxylation is 2. The van der Waals surface area contributed by atoms with Gasteiger partial charge in [0.15, 0.2) is 0 Å². The van der Waals surface area contributed by atoms with Gasteiger partial charge < -0.3 is 4.65 Å². The molecule has 8 heteroatoms. The van der Waals surface area contributed by atoms with Gasteiger partial charge in [-0.25, -0.2) is 0 Å². The van der Waals surface area contributed by atoms with Crippen molar-refractivity contribution in [1.82, 2.24) is 19.4 Å². The Morgan fingerprint density at radius 2 is 2.39 bits per heavy atom. The Morgan fingerprint density at radius 1 is 1.61 bits per heavy atom. The van der Waals surface area contributed by atoms with Crippen molar-refractivity contribution in [1.29, 1.82) is 5.26 Å². The molecule has 18 heavy (non-hydrogen) atoms. The van der Waals surface area contributed by atoms with E-state index in [4.69, 9.17) is 12.7 Å². The minimum absolute atomic E-state index is 0.262. The van der Waals surface area contributed by atoms with E-state index in [0.29, 0.717) is 21.7 Å². The molecule has 2 rings (SSSR count). The second-order valence-electron chi connectivity index (χ2n) is 3.52. The molecule has 2 aromatic heterocycles. The zero-order valence-electron chi connectivity index (χ0n) is 9.78. The van der Waals surface area contributed by atoms with Gasteiger partial charge in [0.05, 0.1) is 11.9 Å². The molecular formula is C10H8BN5OS. The highest BCUT2D eigenvalue weighted by atomic mass is 32.1. The van der Waals surface area contributed by atoms with Crippen LogP contribution in [-0.2, 0) is 11.7 Å². The lowest BCUT2D eigenvalue weighted by Gasteiger charge is -2.06. The lowest BCUT2D eigenvalue weighted by atomic mass is 10.1. The van der Waals surface area contributed by atoms with Crippen molar-refractivity contribution in [2.75, 3.05) is 0 Å². The largest absolute Gasteiger partial charge is 0.566 e. The molecular weight excluding hydrogens is 249 g/mol. The summed E-state index contributed by atoms with van der Waals surface area (Å²) in [5.74, 6) is 0.262. The van der Waals surface area contributed by atoms with Gasteiger partial charge in [0, 0.05) is 18.8 Å². The van der Waals surface area contributed by atoms with Crippen molar-refractivity contribution in [2.24, 2.45) is 7.05 Å². The fraction of sp³-hybridized carbons (Fsp3) is 0.200. The zero-order chi connectivity index (χ0) is 13.1. The van der Waals surface area contributed by atoms with Gasteiger partial charge in [-0.15, -0.1) is 5.10 Å². The summed E-state index contributed by atoms with van der Waals surface area (Å²) in [5, 5.41) is 17.1. The number of aromatic nitrogens is 4. The minimum atomic E-state index is 0.262. The van der Waals surface area contributed by atoms with Crippen LogP contribution in [0, 0.1) is 18.3 Å². The lowest BCUT2D eigenvalue weighted by Crippen LogP contribution is -1.94. The number of hydrogen-bond acceptors (Lipinski definition) is 6. The maximum absolute atomic E-state index is 9.26. The molecule has 0 unspecified atom stereocenters. The predicted molar refractivity (Wildman–Crippen MR) is 67.1 cm³/mol.